The Balaban J connectivity index is 2.02. The lowest BCUT2D eigenvalue weighted by atomic mass is 10.1. The summed E-state index contributed by atoms with van der Waals surface area (Å²) in [5, 5.41) is 2.97. The number of carbonyl (C=O) groups is 1. The van der Waals surface area contributed by atoms with Crippen LogP contribution in [-0.4, -0.2) is 17.4 Å². The highest BCUT2D eigenvalue weighted by atomic mass is 19.1. The Hall–Kier alpha value is -2.63. The number of anilines is 2. The SMILES string of the molecule is NC(=O)c1ccc(N)c(NCCc2ccccc2F)n1. The first-order chi connectivity index (χ1) is 9.58. The van der Waals surface area contributed by atoms with Crippen LogP contribution in [0.15, 0.2) is 36.4 Å². The largest absolute Gasteiger partial charge is 0.396 e. The van der Waals surface area contributed by atoms with E-state index in [0.717, 1.165) is 0 Å². The van der Waals surface area contributed by atoms with Crippen molar-refractivity contribution in [1.29, 1.82) is 0 Å². The fraction of sp³-hybridized carbons (Fsp3) is 0.143. The molecule has 5 N–H and O–H groups in total. The van der Waals surface area contributed by atoms with E-state index in [9.17, 15) is 9.18 Å². The Labute approximate surface area is 115 Å². The maximum absolute atomic E-state index is 13.4. The minimum Gasteiger partial charge on any atom is -0.396 e. The molecule has 0 aliphatic carbocycles. The molecule has 0 saturated heterocycles. The molecule has 0 bridgehead atoms. The zero-order valence-corrected chi connectivity index (χ0v) is 10.8. The normalized spacial score (nSPS) is 10.2. The number of pyridine rings is 1. The molecule has 0 unspecified atom stereocenters. The molecule has 0 fully saturated rings. The summed E-state index contributed by atoms with van der Waals surface area (Å²) in [7, 11) is 0. The lowest BCUT2D eigenvalue weighted by molar-refractivity contribution is 0.0996. The van der Waals surface area contributed by atoms with E-state index >= 15 is 0 Å². The number of benzene rings is 1. The number of primary amides is 1. The van der Waals surface area contributed by atoms with Crippen LogP contribution in [0.4, 0.5) is 15.9 Å². The van der Waals surface area contributed by atoms with Gasteiger partial charge in [0.2, 0.25) is 0 Å². The predicted octanol–water partition coefficient (Wildman–Crippen LogP) is 1.56. The van der Waals surface area contributed by atoms with Gasteiger partial charge in [0.15, 0.2) is 0 Å². The molecule has 2 rings (SSSR count). The van der Waals surface area contributed by atoms with Crippen LogP contribution in [0.1, 0.15) is 16.1 Å². The van der Waals surface area contributed by atoms with E-state index in [4.69, 9.17) is 11.5 Å². The van der Waals surface area contributed by atoms with Gasteiger partial charge in [-0.2, -0.15) is 0 Å². The van der Waals surface area contributed by atoms with Crippen LogP contribution in [0.2, 0.25) is 0 Å². The smallest absolute Gasteiger partial charge is 0.267 e. The number of carbonyl (C=O) groups excluding carboxylic acids is 1. The van der Waals surface area contributed by atoms with Crippen molar-refractivity contribution in [3.8, 4) is 0 Å². The molecule has 0 aliphatic heterocycles. The fourth-order valence-corrected chi connectivity index (χ4v) is 1.77. The Bertz CT molecular complexity index is 630. The van der Waals surface area contributed by atoms with E-state index in [1.54, 1.807) is 24.3 Å². The van der Waals surface area contributed by atoms with E-state index in [2.05, 4.69) is 10.3 Å². The first-order valence-electron chi connectivity index (χ1n) is 6.11. The highest BCUT2D eigenvalue weighted by Crippen LogP contribution is 2.16. The summed E-state index contributed by atoms with van der Waals surface area (Å²) < 4.78 is 13.4. The summed E-state index contributed by atoms with van der Waals surface area (Å²) >= 11 is 0. The zero-order valence-electron chi connectivity index (χ0n) is 10.8. The van der Waals surface area contributed by atoms with Gasteiger partial charge in [0, 0.05) is 6.54 Å². The van der Waals surface area contributed by atoms with Crippen molar-refractivity contribution in [2.24, 2.45) is 5.73 Å². The summed E-state index contributed by atoms with van der Waals surface area (Å²) in [5.41, 5.74) is 12.0. The first kappa shape index (κ1) is 13.8. The molecule has 0 radical (unpaired) electrons. The molecule has 5 nitrogen and oxygen atoms in total. The van der Waals surface area contributed by atoms with Crippen molar-refractivity contribution < 1.29 is 9.18 Å². The van der Waals surface area contributed by atoms with Gasteiger partial charge in [0.1, 0.15) is 17.3 Å². The van der Waals surface area contributed by atoms with Gasteiger partial charge >= 0.3 is 0 Å². The molecule has 1 aromatic heterocycles. The first-order valence-corrected chi connectivity index (χ1v) is 6.11. The van der Waals surface area contributed by atoms with Crippen molar-refractivity contribution in [2.75, 3.05) is 17.6 Å². The molecule has 1 aromatic carbocycles. The second-order valence-electron chi connectivity index (χ2n) is 4.27. The van der Waals surface area contributed by atoms with Gasteiger partial charge in [0.25, 0.3) is 5.91 Å². The maximum atomic E-state index is 13.4. The third-order valence-corrected chi connectivity index (χ3v) is 2.82. The molecule has 1 amide bonds. The number of halogens is 1. The lowest BCUT2D eigenvalue weighted by Gasteiger charge is -2.09. The van der Waals surface area contributed by atoms with Crippen LogP contribution < -0.4 is 16.8 Å². The average molecular weight is 274 g/mol. The molecule has 0 spiro atoms. The van der Waals surface area contributed by atoms with E-state index in [1.807, 2.05) is 0 Å². The van der Waals surface area contributed by atoms with Gasteiger partial charge in [-0.05, 0) is 30.2 Å². The third-order valence-electron chi connectivity index (χ3n) is 2.82. The van der Waals surface area contributed by atoms with Crippen LogP contribution in [0.5, 0.6) is 0 Å². The number of nitrogens with zero attached hydrogens (tertiary/aromatic N) is 1. The van der Waals surface area contributed by atoms with E-state index < -0.39 is 5.91 Å². The van der Waals surface area contributed by atoms with Crippen LogP contribution in [-0.2, 0) is 6.42 Å². The monoisotopic (exact) mass is 274 g/mol. The van der Waals surface area contributed by atoms with E-state index in [-0.39, 0.29) is 11.5 Å². The number of nitrogen functional groups attached to an aromatic ring is 1. The Morgan fingerprint density at radius 2 is 2.00 bits per heavy atom. The number of aromatic nitrogens is 1. The van der Waals surface area contributed by atoms with Gasteiger partial charge in [-0.25, -0.2) is 9.37 Å². The number of hydrogen-bond acceptors (Lipinski definition) is 4. The van der Waals surface area contributed by atoms with Crippen LogP contribution in [0.3, 0.4) is 0 Å². The molecule has 2 aromatic rings. The van der Waals surface area contributed by atoms with Crippen molar-refractivity contribution in [2.45, 2.75) is 6.42 Å². The summed E-state index contributed by atoms with van der Waals surface area (Å²) in [6.45, 7) is 0.445. The zero-order chi connectivity index (χ0) is 14.5. The molecule has 0 aliphatic rings. The van der Waals surface area contributed by atoms with Crippen molar-refractivity contribution in [1.82, 2.24) is 4.98 Å². The molecule has 1 heterocycles. The minimum atomic E-state index is -0.623. The molecular formula is C14H15FN4O. The highest BCUT2D eigenvalue weighted by molar-refractivity contribution is 5.91. The predicted molar refractivity (Wildman–Crippen MR) is 75.8 cm³/mol. The quantitative estimate of drug-likeness (QED) is 0.771. The maximum Gasteiger partial charge on any atom is 0.267 e. The Kier molecular flexibility index (Phi) is 4.14. The van der Waals surface area contributed by atoms with Gasteiger partial charge in [-0.3, -0.25) is 4.79 Å². The van der Waals surface area contributed by atoms with E-state index in [1.165, 1.54) is 12.1 Å². The minimum absolute atomic E-state index is 0.132. The number of nitrogens with one attached hydrogen (secondary N) is 1. The summed E-state index contributed by atoms with van der Waals surface area (Å²) in [5.74, 6) is -0.499. The molecule has 20 heavy (non-hydrogen) atoms. The summed E-state index contributed by atoms with van der Waals surface area (Å²) in [6, 6.07) is 9.56. The third kappa shape index (κ3) is 3.23. The van der Waals surface area contributed by atoms with Crippen LogP contribution in [0.25, 0.3) is 0 Å². The topological polar surface area (TPSA) is 94.0 Å². The van der Waals surface area contributed by atoms with Crippen molar-refractivity contribution >= 4 is 17.4 Å². The van der Waals surface area contributed by atoms with E-state index in [0.29, 0.717) is 30.0 Å². The molecule has 0 atom stereocenters. The van der Waals surface area contributed by atoms with Crippen molar-refractivity contribution in [3.05, 3.63) is 53.5 Å². The van der Waals surface area contributed by atoms with Gasteiger partial charge < -0.3 is 16.8 Å². The van der Waals surface area contributed by atoms with Crippen LogP contribution in [0, 0.1) is 5.82 Å². The summed E-state index contributed by atoms with van der Waals surface area (Å²) in [6.07, 6.45) is 0.481. The fourth-order valence-electron chi connectivity index (χ4n) is 1.77. The number of amides is 1. The molecule has 104 valence electrons. The van der Waals surface area contributed by atoms with Crippen molar-refractivity contribution in [3.63, 3.8) is 0 Å². The number of rotatable bonds is 5. The molecular weight excluding hydrogens is 259 g/mol. The van der Waals surface area contributed by atoms with Crippen LogP contribution >= 0.6 is 0 Å². The van der Waals surface area contributed by atoms with Gasteiger partial charge in [-0.1, -0.05) is 18.2 Å². The number of nitrogens with two attached hydrogens (primary N) is 2. The van der Waals surface area contributed by atoms with Gasteiger partial charge in [0.05, 0.1) is 5.69 Å². The Morgan fingerprint density at radius 3 is 2.70 bits per heavy atom. The summed E-state index contributed by atoms with van der Waals surface area (Å²) in [4.78, 5) is 15.1. The molecule has 0 saturated carbocycles. The Morgan fingerprint density at radius 1 is 1.25 bits per heavy atom. The second kappa shape index (κ2) is 6.01. The average Bonchev–Trinajstić information content (AvgIpc) is 2.42. The molecule has 6 heteroatoms. The standard InChI is InChI=1S/C14H15FN4O/c15-10-4-2-1-3-9(10)7-8-18-14-11(16)5-6-12(19-14)13(17)20/h1-6H,7-8,16H2,(H2,17,20)(H,18,19). The number of hydrogen-bond donors (Lipinski definition) is 3. The second-order valence-corrected chi connectivity index (χ2v) is 4.27. The lowest BCUT2D eigenvalue weighted by Crippen LogP contribution is -2.16. The highest BCUT2D eigenvalue weighted by Gasteiger charge is 2.07. The van der Waals surface area contributed by atoms with Gasteiger partial charge in [-0.15, -0.1) is 0 Å².